The van der Waals surface area contributed by atoms with Crippen molar-refractivity contribution in [2.75, 3.05) is 12.8 Å². The molecule has 0 spiro atoms. The number of nitrogens with zero attached hydrogens (tertiary/aromatic N) is 2. The fourth-order valence-electron chi connectivity index (χ4n) is 3.08. The second-order valence-electron chi connectivity index (χ2n) is 5.93. The number of aryl methyl sites for hydroxylation is 2. The maximum Gasteiger partial charge on any atom is 0.263 e. The highest BCUT2D eigenvalue weighted by Crippen LogP contribution is 2.34. The van der Waals surface area contributed by atoms with Crippen LogP contribution in [0.25, 0.3) is 10.2 Å². The first-order valence-electron chi connectivity index (χ1n) is 7.88. The maximum atomic E-state index is 13.1. The zero-order valence-electron chi connectivity index (χ0n) is 13.6. The molecule has 1 aliphatic carbocycles. The van der Waals surface area contributed by atoms with Crippen molar-refractivity contribution >= 4 is 39.2 Å². The third-order valence-electron chi connectivity index (χ3n) is 4.50. The van der Waals surface area contributed by atoms with Crippen LogP contribution in [0.2, 0.25) is 0 Å². The second-order valence-corrected chi connectivity index (χ2v) is 8.08. The van der Waals surface area contributed by atoms with Crippen molar-refractivity contribution < 1.29 is 4.79 Å². The van der Waals surface area contributed by atoms with E-state index < -0.39 is 0 Å². The summed E-state index contributed by atoms with van der Waals surface area (Å²) in [5.74, 6) is 0.227. The number of thioether (sulfide) groups is 1. The normalized spacial score (nSPS) is 15.4. The quantitative estimate of drug-likeness (QED) is 0.679. The van der Waals surface area contributed by atoms with E-state index in [2.05, 4.69) is 5.32 Å². The molecule has 2 aromatic heterocycles. The molecule has 0 atom stereocenters. The standard InChI is InChI=1S/C16H21N3O2S2/c1-9-10(2)23-14-13(9)15(21)19(11-6-4-5-7-11)16(18-14)22-8-12(20)17-3/h11H,4-8H2,1-3H3,(H,17,20). The molecule has 0 unspecified atom stereocenters. The molecule has 1 saturated carbocycles. The van der Waals surface area contributed by atoms with E-state index in [4.69, 9.17) is 4.98 Å². The lowest BCUT2D eigenvalue weighted by Gasteiger charge is -2.17. The molecule has 0 aromatic carbocycles. The average Bonchev–Trinajstić information content (AvgIpc) is 3.14. The zero-order valence-corrected chi connectivity index (χ0v) is 15.3. The highest BCUT2D eigenvalue weighted by atomic mass is 32.2. The summed E-state index contributed by atoms with van der Waals surface area (Å²) in [6, 6.07) is 0.214. The van der Waals surface area contributed by atoms with Crippen LogP contribution in [0.1, 0.15) is 42.2 Å². The Morgan fingerprint density at radius 1 is 1.39 bits per heavy atom. The Morgan fingerprint density at radius 3 is 2.74 bits per heavy atom. The molecule has 2 aromatic rings. The number of thiophene rings is 1. The van der Waals surface area contributed by atoms with Crippen LogP contribution in [0, 0.1) is 13.8 Å². The van der Waals surface area contributed by atoms with Crippen molar-refractivity contribution in [1.82, 2.24) is 14.9 Å². The van der Waals surface area contributed by atoms with Gasteiger partial charge in [-0.05, 0) is 32.3 Å². The highest BCUT2D eigenvalue weighted by molar-refractivity contribution is 7.99. The van der Waals surface area contributed by atoms with Crippen molar-refractivity contribution in [2.45, 2.75) is 50.7 Å². The summed E-state index contributed by atoms with van der Waals surface area (Å²) in [5.41, 5.74) is 1.10. The molecule has 0 bridgehead atoms. The molecule has 3 rings (SSSR count). The van der Waals surface area contributed by atoms with Gasteiger partial charge < -0.3 is 5.32 Å². The summed E-state index contributed by atoms with van der Waals surface area (Å²) in [5, 5.41) is 4.05. The first-order chi connectivity index (χ1) is 11.0. The molecule has 1 fully saturated rings. The van der Waals surface area contributed by atoms with E-state index in [1.165, 1.54) is 11.8 Å². The van der Waals surface area contributed by atoms with Crippen molar-refractivity contribution in [3.63, 3.8) is 0 Å². The number of aromatic nitrogens is 2. The molecular weight excluding hydrogens is 330 g/mol. The monoisotopic (exact) mass is 351 g/mol. The summed E-state index contributed by atoms with van der Waals surface area (Å²) >= 11 is 2.92. The van der Waals surface area contributed by atoms with E-state index in [9.17, 15) is 9.59 Å². The summed E-state index contributed by atoms with van der Waals surface area (Å²) in [6.45, 7) is 4.02. The van der Waals surface area contributed by atoms with Gasteiger partial charge in [0.25, 0.3) is 5.56 Å². The number of fused-ring (bicyclic) bond motifs is 1. The molecule has 1 aliphatic rings. The Hall–Kier alpha value is -1.34. The van der Waals surface area contributed by atoms with Crippen molar-refractivity contribution in [2.24, 2.45) is 0 Å². The molecule has 1 amide bonds. The number of hydrogen-bond donors (Lipinski definition) is 1. The van der Waals surface area contributed by atoms with E-state index in [-0.39, 0.29) is 23.3 Å². The largest absolute Gasteiger partial charge is 0.358 e. The molecule has 23 heavy (non-hydrogen) atoms. The molecule has 124 valence electrons. The molecule has 0 aliphatic heterocycles. The van der Waals surface area contributed by atoms with Crippen LogP contribution in [-0.4, -0.2) is 28.3 Å². The van der Waals surface area contributed by atoms with Gasteiger partial charge in [-0.1, -0.05) is 24.6 Å². The summed E-state index contributed by atoms with van der Waals surface area (Å²) < 4.78 is 1.85. The SMILES string of the molecule is CNC(=O)CSc1nc2sc(C)c(C)c2c(=O)n1C1CCCC1. The molecular formula is C16H21N3O2S2. The summed E-state index contributed by atoms with van der Waals surface area (Å²) in [4.78, 5) is 31.3. The lowest BCUT2D eigenvalue weighted by Crippen LogP contribution is -2.27. The van der Waals surface area contributed by atoms with Gasteiger partial charge >= 0.3 is 0 Å². The first kappa shape index (κ1) is 16.5. The van der Waals surface area contributed by atoms with Gasteiger partial charge in [-0.3, -0.25) is 14.2 Å². The highest BCUT2D eigenvalue weighted by Gasteiger charge is 2.25. The fraction of sp³-hybridized carbons (Fsp3) is 0.562. The van der Waals surface area contributed by atoms with Crippen LogP contribution < -0.4 is 10.9 Å². The molecule has 2 heterocycles. The summed E-state index contributed by atoms with van der Waals surface area (Å²) in [6.07, 6.45) is 4.33. The maximum absolute atomic E-state index is 13.1. The van der Waals surface area contributed by atoms with Gasteiger partial charge in [0.2, 0.25) is 5.91 Å². The van der Waals surface area contributed by atoms with Crippen LogP contribution in [0.3, 0.4) is 0 Å². The number of nitrogens with one attached hydrogen (secondary N) is 1. The van der Waals surface area contributed by atoms with E-state index in [0.717, 1.165) is 46.3 Å². The van der Waals surface area contributed by atoms with Gasteiger partial charge in [0, 0.05) is 18.0 Å². The van der Waals surface area contributed by atoms with Crippen LogP contribution in [-0.2, 0) is 4.79 Å². The number of hydrogen-bond acceptors (Lipinski definition) is 5. The third kappa shape index (κ3) is 3.04. The Bertz CT molecular complexity index is 804. The number of amides is 1. The van der Waals surface area contributed by atoms with Gasteiger partial charge in [0.1, 0.15) is 4.83 Å². The van der Waals surface area contributed by atoms with Gasteiger partial charge in [-0.2, -0.15) is 0 Å². The topological polar surface area (TPSA) is 64.0 Å². The van der Waals surface area contributed by atoms with E-state index in [1.807, 2.05) is 18.4 Å². The Labute approximate surface area is 143 Å². The lowest BCUT2D eigenvalue weighted by atomic mass is 10.2. The molecule has 5 nitrogen and oxygen atoms in total. The van der Waals surface area contributed by atoms with E-state index in [1.54, 1.807) is 18.4 Å². The Kier molecular flexibility index (Phi) is 4.77. The summed E-state index contributed by atoms with van der Waals surface area (Å²) in [7, 11) is 1.62. The number of carbonyl (C=O) groups excluding carboxylic acids is 1. The molecule has 7 heteroatoms. The first-order valence-corrected chi connectivity index (χ1v) is 9.68. The van der Waals surface area contributed by atoms with Gasteiger partial charge in [-0.25, -0.2) is 4.98 Å². The predicted octanol–water partition coefficient (Wildman–Crippen LogP) is 3.03. The fourth-order valence-corrected chi connectivity index (χ4v) is 5.09. The average molecular weight is 351 g/mol. The molecule has 0 saturated heterocycles. The van der Waals surface area contributed by atoms with Gasteiger partial charge in [0.15, 0.2) is 5.16 Å². The number of rotatable bonds is 4. The van der Waals surface area contributed by atoms with Crippen LogP contribution in [0.5, 0.6) is 0 Å². The van der Waals surface area contributed by atoms with Gasteiger partial charge in [-0.15, -0.1) is 11.3 Å². The van der Waals surface area contributed by atoms with Crippen LogP contribution in [0.15, 0.2) is 9.95 Å². The second kappa shape index (κ2) is 6.65. The van der Waals surface area contributed by atoms with Gasteiger partial charge in [0.05, 0.1) is 11.1 Å². The molecule has 0 radical (unpaired) electrons. The minimum absolute atomic E-state index is 0.0548. The van der Waals surface area contributed by atoms with E-state index in [0.29, 0.717) is 5.16 Å². The zero-order chi connectivity index (χ0) is 16.6. The van der Waals surface area contributed by atoms with E-state index >= 15 is 0 Å². The number of carbonyl (C=O) groups is 1. The van der Waals surface area contributed by atoms with Crippen molar-refractivity contribution in [1.29, 1.82) is 0 Å². The molecule has 1 N–H and O–H groups in total. The minimum Gasteiger partial charge on any atom is -0.358 e. The van der Waals surface area contributed by atoms with Crippen LogP contribution >= 0.6 is 23.1 Å². The lowest BCUT2D eigenvalue weighted by molar-refractivity contribution is -0.118. The van der Waals surface area contributed by atoms with Crippen molar-refractivity contribution in [3.8, 4) is 0 Å². The Morgan fingerprint density at radius 2 is 2.09 bits per heavy atom. The smallest absolute Gasteiger partial charge is 0.263 e. The van der Waals surface area contributed by atoms with Crippen LogP contribution in [0.4, 0.5) is 0 Å². The Balaban J connectivity index is 2.13. The van der Waals surface area contributed by atoms with Crippen molar-refractivity contribution in [3.05, 3.63) is 20.8 Å². The minimum atomic E-state index is -0.0548. The predicted molar refractivity (Wildman–Crippen MR) is 95.6 cm³/mol. The third-order valence-corrected chi connectivity index (χ3v) is 6.56.